The number of pyridine rings is 1. The highest BCUT2D eigenvalue weighted by atomic mass is 19.3. The smallest absolute Gasteiger partial charge is 0.257 e. The van der Waals surface area contributed by atoms with E-state index in [0.29, 0.717) is 22.6 Å². The van der Waals surface area contributed by atoms with E-state index in [2.05, 4.69) is 20.4 Å². The number of nitrogen functional groups attached to an aromatic ring is 1. The molecule has 0 bridgehead atoms. The second-order valence-corrected chi connectivity index (χ2v) is 9.53. The van der Waals surface area contributed by atoms with Crippen LogP contribution in [-0.4, -0.2) is 74.6 Å². The number of aromatic nitrogens is 4. The first kappa shape index (κ1) is 24.8. The summed E-state index contributed by atoms with van der Waals surface area (Å²) in [5.41, 5.74) is 8.64. The van der Waals surface area contributed by atoms with Crippen LogP contribution in [0, 0.1) is 12.8 Å². The number of nitrogens with two attached hydrogens (primary N) is 1. The number of rotatable bonds is 5. The summed E-state index contributed by atoms with van der Waals surface area (Å²) < 4.78 is 48.8. The number of halogens is 3. The van der Waals surface area contributed by atoms with Gasteiger partial charge in [0, 0.05) is 37.1 Å². The Labute approximate surface area is 210 Å². The molecule has 0 aromatic carbocycles. The molecule has 1 saturated carbocycles. The number of alkyl halides is 3. The molecule has 3 aromatic heterocycles. The van der Waals surface area contributed by atoms with E-state index in [1.54, 1.807) is 10.6 Å². The van der Waals surface area contributed by atoms with Crippen molar-refractivity contribution < 1.29 is 27.5 Å². The van der Waals surface area contributed by atoms with E-state index in [9.17, 15) is 22.8 Å². The maximum absolute atomic E-state index is 14.8. The molecule has 3 atom stereocenters. The van der Waals surface area contributed by atoms with Gasteiger partial charge in [0.05, 0.1) is 25.4 Å². The van der Waals surface area contributed by atoms with Gasteiger partial charge in [-0.3, -0.25) is 9.59 Å². The monoisotopic (exact) mass is 517 g/mol. The zero-order valence-electron chi connectivity index (χ0n) is 20.2. The molecule has 1 aliphatic carbocycles. The number of anilines is 1. The van der Waals surface area contributed by atoms with Gasteiger partial charge in [0.2, 0.25) is 17.7 Å². The summed E-state index contributed by atoms with van der Waals surface area (Å²) >= 11 is 0. The first-order valence-electron chi connectivity index (χ1n) is 11.8. The summed E-state index contributed by atoms with van der Waals surface area (Å²) in [7, 11) is 1.36. The molecule has 1 saturated heterocycles. The number of hydrogen-bond acceptors (Lipinski definition) is 7. The topological polar surface area (TPSA) is 128 Å². The molecule has 0 spiro atoms. The van der Waals surface area contributed by atoms with Gasteiger partial charge >= 0.3 is 0 Å². The Bertz CT molecular complexity index is 1380. The Morgan fingerprint density at radius 3 is 2.73 bits per heavy atom. The lowest BCUT2D eigenvalue weighted by molar-refractivity contribution is -0.135. The van der Waals surface area contributed by atoms with Crippen molar-refractivity contribution in [2.45, 2.75) is 44.3 Å². The van der Waals surface area contributed by atoms with Crippen LogP contribution in [0.15, 0.2) is 24.7 Å². The third-order valence-electron chi connectivity index (χ3n) is 6.99. The van der Waals surface area contributed by atoms with E-state index >= 15 is 0 Å². The van der Waals surface area contributed by atoms with Crippen molar-refractivity contribution in [2.75, 3.05) is 25.9 Å². The van der Waals surface area contributed by atoms with E-state index in [1.165, 1.54) is 24.5 Å². The molecule has 37 heavy (non-hydrogen) atoms. The van der Waals surface area contributed by atoms with Crippen molar-refractivity contribution in [3.63, 3.8) is 0 Å². The molecule has 3 N–H and O–H groups in total. The minimum absolute atomic E-state index is 0.0301. The SMILES string of the molecule is COc1ncc(-c2cc(C)c3c(N)ncnn23)cc1C(=O)NC1CN(C(=O)C2CCC(F)(F)C2)C[C@@H]1F. The normalized spacial score (nSPS) is 22.9. The van der Waals surface area contributed by atoms with E-state index in [0.717, 1.165) is 5.56 Å². The second-order valence-electron chi connectivity index (χ2n) is 9.53. The fraction of sp³-hybridized carbons (Fsp3) is 0.458. The highest BCUT2D eigenvalue weighted by Crippen LogP contribution is 2.40. The van der Waals surface area contributed by atoms with Crippen molar-refractivity contribution >= 4 is 23.1 Å². The minimum Gasteiger partial charge on any atom is -0.480 e. The number of carbonyl (C=O) groups is 2. The van der Waals surface area contributed by atoms with Gasteiger partial charge in [0.25, 0.3) is 5.91 Å². The average molecular weight is 518 g/mol. The fourth-order valence-corrected chi connectivity index (χ4v) is 5.12. The third-order valence-corrected chi connectivity index (χ3v) is 6.99. The van der Waals surface area contributed by atoms with Crippen molar-refractivity contribution in [3.05, 3.63) is 35.8 Å². The lowest BCUT2D eigenvalue weighted by Gasteiger charge is -2.20. The highest BCUT2D eigenvalue weighted by molar-refractivity contribution is 5.98. The minimum atomic E-state index is -2.88. The number of nitrogens with one attached hydrogen (secondary N) is 1. The molecular weight excluding hydrogens is 491 g/mol. The molecule has 2 unspecified atom stereocenters. The molecule has 5 rings (SSSR count). The van der Waals surface area contributed by atoms with E-state index in [-0.39, 0.29) is 37.4 Å². The molecule has 2 fully saturated rings. The van der Waals surface area contributed by atoms with Gasteiger partial charge in [-0.1, -0.05) is 0 Å². The quantitative estimate of drug-likeness (QED) is 0.532. The summed E-state index contributed by atoms with van der Waals surface area (Å²) in [6, 6.07) is 2.37. The lowest BCUT2D eigenvalue weighted by atomic mass is 10.1. The summed E-state index contributed by atoms with van der Waals surface area (Å²) in [4.78, 5) is 35.3. The predicted molar refractivity (Wildman–Crippen MR) is 127 cm³/mol. The molecule has 4 heterocycles. The van der Waals surface area contributed by atoms with Crippen molar-refractivity contribution in [1.29, 1.82) is 0 Å². The highest BCUT2D eigenvalue weighted by Gasteiger charge is 2.46. The Morgan fingerprint density at radius 1 is 1.24 bits per heavy atom. The first-order chi connectivity index (χ1) is 17.6. The van der Waals surface area contributed by atoms with Gasteiger partial charge in [-0.05, 0) is 31.0 Å². The number of fused-ring (bicyclic) bond motifs is 1. The van der Waals surface area contributed by atoms with Crippen LogP contribution in [0.1, 0.15) is 35.2 Å². The largest absolute Gasteiger partial charge is 0.480 e. The van der Waals surface area contributed by atoms with Gasteiger partial charge in [-0.2, -0.15) is 5.10 Å². The summed E-state index contributed by atoms with van der Waals surface area (Å²) in [6.45, 7) is 1.48. The van der Waals surface area contributed by atoms with Crippen LogP contribution in [0.3, 0.4) is 0 Å². The zero-order valence-corrected chi connectivity index (χ0v) is 20.2. The molecule has 1 aliphatic heterocycles. The van der Waals surface area contributed by atoms with Crippen LogP contribution < -0.4 is 15.8 Å². The van der Waals surface area contributed by atoms with Crippen LogP contribution >= 0.6 is 0 Å². The lowest BCUT2D eigenvalue weighted by Crippen LogP contribution is -2.42. The number of aryl methyl sites for hydroxylation is 1. The van der Waals surface area contributed by atoms with Gasteiger partial charge in [0.1, 0.15) is 23.6 Å². The van der Waals surface area contributed by atoms with Gasteiger partial charge < -0.3 is 20.7 Å². The van der Waals surface area contributed by atoms with E-state index < -0.39 is 42.3 Å². The van der Waals surface area contributed by atoms with Crippen molar-refractivity contribution in [2.24, 2.45) is 5.92 Å². The predicted octanol–water partition coefficient (Wildman–Crippen LogP) is 2.40. The fourth-order valence-electron chi connectivity index (χ4n) is 5.12. The second kappa shape index (κ2) is 9.20. The Morgan fingerprint density at radius 2 is 2.03 bits per heavy atom. The van der Waals surface area contributed by atoms with Crippen LogP contribution in [0.4, 0.5) is 19.0 Å². The number of likely N-dealkylation sites (tertiary alicyclic amines) is 1. The maximum Gasteiger partial charge on any atom is 0.257 e. The Hall–Kier alpha value is -3.90. The van der Waals surface area contributed by atoms with Crippen LogP contribution in [0.5, 0.6) is 5.88 Å². The molecule has 13 heteroatoms. The van der Waals surface area contributed by atoms with Crippen LogP contribution in [0.25, 0.3) is 16.8 Å². The number of ether oxygens (including phenoxy) is 1. The summed E-state index contributed by atoms with van der Waals surface area (Å²) in [5.74, 6) is -4.53. The molecule has 2 aliphatic rings. The molecule has 10 nitrogen and oxygen atoms in total. The van der Waals surface area contributed by atoms with E-state index in [4.69, 9.17) is 10.5 Å². The first-order valence-corrected chi connectivity index (χ1v) is 11.8. The number of carbonyl (C=O) groups excluding carboxylic acids is 2. The van der Waals surface area contributed by atoms with Gasteiger partial charge in [-0.25, -0.2) is 27.7 Å². The third kappa shape index (κ3) is 4.53. The number of nitrogens with zero attached hydrogens (tertiary/aromatic N) is 5. The van der Waals surface area contributed by atoms with Crippen LogP contribution in [-0.2, 0) is 4.79 Å². The number of hydrogen-bond donors (Lipinski definition) is 2. The summed E-state index contributed by atoms with van der Waals surface area (Å²) in [5, 5.41) is 6.86. The van der Waals surface area contributed by atoms with Crippen molar-refractivity contribution in [3.8, 4) is 17.1 Å². The van der Waals surface area contributed by atoms with Gasteiger partial charge in [-0.15, -0.1) is 0 Å². The maximum atomic E-state index is 14.8. The Balaban J connectivity index is 1.36. The zero-order chi connectivity index (χ0) is 26.5. The molecule has 2 amide bonds. The molecular formula is C24H26F3N7O3. The standard InChI is InChI=1S/C24H26F3N7O3/c1-12-5-18(34-19(12)20(28)30-11-31-34)14-6-15(22(37-2)29-8-14)21(35)32-17-10-33(9-16(17)25)23(36)13-3-4-24(26,27)7-13/h5-6,8,11,13,16-17H,3-4,7,9-10H2,1-2H3,(H,32,35)(H2,28,30,31)/t13?,16-,17?/m0/s1. The molecule has 3 aromatic rings. The van der Waals surface area contributed by atoms with E-state index in [1.807, 2.05) is 13.0 Å². The average Bonchev–Trinajstić information content (AvgIpc) is 3.53. The summed E-state index contributed by atoms with van der Waals surface area (Å²) in [6.07, 6.45) is 0.466. The number of methoxy groups -OCH3 is 1. The molecule has 196 valence electrons. The Kier molecular flexibility index (Phi) is 6.16. The van der Waals surface area contributed by atoms with Crippen LogP contribution in [0.2, 0.25) is 0 Å². The van der Waals surface area contributed by atoms with Crippen molar-refractivity contribution in [1.82, 2.24) is 29.8 Å². The van der Waals surface area contributed by atoms with Gasteiger partial charge in [0.15, 0.2) is 5.82 Å². The number of amides is 2. The molecule has 0 radical (unpaired) electrons.